The van der Waals surface area contributed by atoms with Gasteiger partial charge in [-0.15, -0.1) is 0 Å². The SMILES string of the molecule is CC(C)[Si](C)(O[Si](C)(C)C)C(C)C. The van der Waals surface area contributed by atoms with Gasteiger partial charge < -0.3 is 4.12 Å². The number of hydrogen-bond donors (Lipinski definition) is 0. The lowest BCUT2D eigenvalue weighted by Gasteiger charge is -2.40. The molecule has 3 heteroatoms. The molecule has 13 heavy (non-hydrogen) atoms. The molecule has 0 saturated heterocycles. The van der Waals surface area contributed by atoms with E-state index >= 15 is 0 Å². The molecule has 0 aliphatic carbocycles. The maximum absolute atomic E-state index is 6.43. The lowest BCUT2D eigenvalue weighted by Crippen LogP contribution is -2.49. The van der Waals surface area contributed by atoms with Gasteiger partial charge in [0.25, 0.3) is 0 Å². The molecule has 0 bridgehead atoms. The predicted octanol–water partition coefficient (Wildman–Crippen LogP) is 4.23. The average molecular weight is 218 g/mol. The highest BCUT2D eigenvalue weighted by atomic mass is 28.4. The van der Waals surface area contributed by atoms with E-state index < -0.39 is 16.6 Å². The van der Waals surface area contributed by atoms with E-state index in [1.165, 1.54) is 0 Å². The molecule has 0 unspecified atom stereocenters. The quantitative estimate of drug-likeness (QED) is 0.642. The Morgan fingerprint density at radius 2 is 1.08 bits per heavy atom. The highest BCUT2D eigenvalue weighted by molar-refractivity contribution is 6.86. The van der Waals surface area contributed by atoms with Crippen molar-refractivity contribution in [1.82, 2.24) is 0 Å². The van der Waals surface area contributed by atoms with Crippen molar-refractivity contribution in [2.75, 3.05) is 0 Å². The maximum Gasteiger partial charge on any atom is 0.181 e. The van der Waals surface area contributed by atoms with Crippen molar-refractivity contribution in [3.05, 3.63) is 0 Å². The Hall–Kier alpha value is 0.394. The van der Waals surface area contributed by atoms with Crippen LogP contribution < -0.4 is 0 Å². The molecule has 0 aliphatic rings. The number of rotatable bonds is 4. The van der Waals surface area contributed by atoms with Gasteiger partial charge in [-0.2, -0.15) is 0 Å². The molecule has 0 aromatic carbocycles. The zero-order valence-corrected chi connectivity index (χ0v) is 12.6. The molecule has 0 aromatic rings. The summed E-state index contributed by atoms with van der Waals surface area (Å²) in [6.45, 7) is 18.5. The Bertz CT molecular complexity index is 151. The van der Waals surface area contributed by atoms with Crippen molar-refractivity contribution in [3.63, 3.8) is 0 Å². The van der Waals surface area contributed by atoms with Crippen LogP contribution in [-0.2, 0) is 4.12 Å². The van der Waals surface area contributed by atoms with E-state index in [0.29, 0.717) is 0 Å². The van der Waals surface area contributed by atoms with E-state index in [0.717, 1.165) is 11.1 Å². The van der Waals surface area contributed by atoms with E-state index in [2.05, 4.69) is 53.9 Å². The van der Waals surface area contributed by atoms with Crippen molar-refractivity contribution >= 4 is 16.6 Å². The van der Waals surface area contributed by atoms with Gasteiger partial charge in [-0.3, -0.25) is 0 Å². The summed E-state index contributed by atoms with van der Waals surface area (Å²) in [5.41, 5.74) is 1.44. The summed E-state index contributed by atoms with van der Waals surface area (Å²) in [6.07, 6.45) is 0. The molecule has 0 saturated carbocycles. The smallest absolute Gasteiger partial charge is 0.181 e. The molecule has 0 N–H and O–H groups in total. The van der Waals surface area contributed by atoms with Gasteiger partial charge in [0.2, 0.25) is 0 Å². The van der Waals surface area contributed by atoms with Crippen molar-refractivity contribution in [1.29, 1.82) is 0 Å². The zero-order chi connectivity index (χ0) is 10.9. The van der Waals surface area contributed by atoms with Gasteiger partial charge in [0.15, 0.2) is 16.6 Å². The van der Waals surface area contributed by atoms with Gasteiger partial charge >= 0.3 is 0 Å². The first-order valence-corrected chi connectivity index (χ1v) is 11.3. The Morgan fingerprint density at radius 1 is 0.769 bits per heavy atom. The van der Waals surface area contributed by atoms with E-state index in [1.807, 2.05) is 0 Å². The Balaban J connectivity index is 4.62. The third-order valence-corrected chi connectivity index (χ3v) is 11.6. The summed E-state index contributed by atoms with van der Waals surface area (Å²) >= 11 is 0. The third-order valence-electron chi connectivity index (χ3n) is 2.82. The van der Waals surface area contributed by atoms with Crippen molar-refractivity contribution in [3.8, 4) is 0 Å². The van der Waals surface area contributed by atoms with Crippen molar-refractivity contribution < 1.29 is 4.12 Å². The topological polar surface area (TPSA) is 9.23 Å². The summed E-state index contributed by atoms with van der Waals surface area (Å²) < 4.78 is 6.43. The van der Waals surface area contributed by atoms with Crippen LogP contribution in [0.5, 0.6) is 0 Å². The molecule has 0 aromatic heterocycles. The Labute approximate surface area is 86.1 Å². The molecule has 0 amide bonds. The molecular weight excluding hydrogens is 192 g/mol. The Morgan fingerprint density at radius 3 is 1.15 bits per heavy atom. The molecule has 0 spiro atoms. The van der Waals surface area contributed by atoms with Crippen LogP contribution in [0.3, 0.4) is 0 Å². The number of hydrogen-bond acceptors (Lipinski definition) is 1. The van der Waals surface area contributed by atoms with Crippen LogP contribution in [0.15, 0.2) is 0 Å². The minimum Gasteiger partial charge on any atom is -0.455 e. The standard InChI is InChI=1S/C10H26OSi2/c1-9(2)13(8,10(3)4)11-12(5,6)7/h9-10H,1-8H3. The van der Waals surface area contributed by atoms with E-state index in [1.54, 1.807) is 0 Å². The van der Waals surface area contributed by atoms with Crippen LogP contribution in [0.2, 0.25) is 37.3 Å². The fraction of sp³-hybridized carbons (Fsp3) is 1.00. The summed E-state index contributed by atoms with van der Waals surface area (Å²) in [4.78, 5) is 0. The fourth-order valence-corrected chi connectivity index (χ4v) is 10.1. The second kappa shape index (κ2) is 4.28. The summed E-state index contributed by atoms with van der Waals surface area (Å²) in [6, 6.07) is 0. The monoisotopic (exact) mass is 218 g/mol. The van der Waals surface area contributed by atoms with Gasteiger partial charge in [0, 0.05) is 0 Å². The van der Waals surface area contributed by atoms with Crippen LogP contribution in [0, 0.1) is 0 Å². The molecule has 0 atom stereocenters. The van der Waals surface area contributed by atoms with Crippen molar-refractivity contribution in [2.45, 2.75) is 65.0 Å². The molecular formula is C10H26OSi2. The fourth-order valence-electron chi connectivity index (χ4n) is 1.56. The minimum absolute atomic E-state index is 0.722. The average Bonchev–Trinajstić information content (AvgIpc) is 1.82. The molecule has 0 heterocycles. The first-order chi connectivity index (χ1) is 5.59. The highest BCUT2D eigenvalue weighted by Gasteiger charge is 2.39. The van der Waals surface area contributed by atoms with Gasteiger partial charge in [-0.25, -0.2) is 0 Å². The summed E-state index contributed by atoms with van der Waals surface area (Å²) in [7, 11) is -2.83. The first-order valence-electron chi connectivity index (χ1n) is 5.29. The van der Waals surface area contributed by atoms with E-state index in [9.17, 15) is 0 Å². The molecule has 0 radical (unpaired) electrons. The molecule has 0 aliphatic heterocycles. The van der Waals surface area contributed by atoms with Gasteiger partial charge in [0.1, 0.15) is 0 Å². The van der Waals surface area contributed by atoms with Gasteiger partial charge in [-0.05, 0) is 37.3 Å². The summed E-state index contributed by atoms with van der Waals surface area (Å²) in [5, 5.41) is 0. The normalized spacial score (nSPS) is 14.3. The molecule has 0 rings (SSSR count). The molecule has 0 fully saturated rings. The first kappa shape index (κ1) is 13.4. The Kier molecular flexibility index (Phi) is 4.41. The lowest BCUT2D eigenvalue weighted by molar-refractivity contribution is 0.506. The highest BCUT2D eigenvalue weighted by Crippen LogP contribution is 2.35. The maximum atomic E-state index is 6.43. The zero-order valence-electron chi connectivity index (χ0n) is 10.6. The van der Waals surface area contributed by atoms with Gasteiger partial charge in [-0.1, -0.05) is 27.7 Å². The van der Waals surface area contributed by atoms with Crippen LogP contribution in [-0.4, -0.2) is 16.6 Å². The van der Waals surface area contributed by atoms with Crippen molar-refractivity contribution in [2.24, 2.45) is 0 Å². The van der Waals surface area contributed by atoms with E-state index in [-0.39, 0.29) is 0 Å². The third kappa shape index (κ3) is 3.96. The largest absolute Gasteiger partial charge is 0.455 e. The summed E-state index contributed by atoms with van der Waals surface area (Å²) in [5.74, 6) is 0. The second-order valence-corrected chi connectivity index (χ2v) is 15.4. The van der Waals surface area contributed by atoms with Crippen LogP contribution >= 0.6 is 0 Å². The van der Waals surface area contributed by atoms with Crippen LogP contribution in [0.25, 0.3) is 0 Å². The predicted molar refractivity (Wildman–Crippen MR) is 66.2 cm³/mol. The van der Waals surface area contributed by atoms with Crippen LogP contribution in [0.4, 0.5) is 0 Å². The lowest BCUT2D eigenvalue weighted by atomic mass is 10.5. The van der Waals surface area contributed by atoms with E-state index in [4.69, 9.17) is 4.12 Å². The van der Waals surface area contributed by atoms with Gasteiger partial charge in [0.05, 0.1) is 0 Å². The van der Waals surface area contributed by atoms with Crippen LogP contribution in [0.1, 0.15) is 27.7 Å². The molecule has 1 nitrogen and oxygen atoms in total. The minimum atomic E-state index is -1.48. The molecule has 80 valence electrons. The second-order valence-electron chi connectivity index (χ2n) is 5.71.